The maximum absolute atomic E-state index is 5.85. The molecule has 4 nitrogen and oxygen atoms in total. The van der Waals surface area contributed by atoms with E-state index < -0.39 is 0 Å². The molecule has 2 aromatic rings. The van der Waals surface area contributed by atoms with Crippen LogP contribution in [0.4, 0.5) is 11.4 Å². The first-order valence-electron chi connectivity index (χ1n) is 13.7. The van der Waals surface area contributed by atoms with Gasteiger partial charge in [0.1, 0.15) is 11.5 Å². The number of unbranched alkanes of at least 4 members (excludes halogenated alkanes) is 12. The van der Waals surface area contributed by atoms with Crippen molar-refractivity contribution < 1.29 is 9.47 Å². The molecular weight excluding hydrogens is 420 g/mol. The second kappa shape index (κ2) is 19.0. The lowest BCUT2D eigenvalue weighted by atomic mass is 10.1. The number of benzene rings is 2. The second-order valence-corrected chi connectivity index (χ2v) is 9.13. The molecule has 2 aromatic carbocycles. The van der Waals surface area contributed by atoms with Crippen molar-refractivity contribution >= 4 is 11.4 Å². The van der Waals surface area contributed by atoms with Gasteiger partial charge >= 0.3 is 0 Å². The monoisotopic (exact) mass is 466 g/mol. The molecule has 0 amide bonds. The maximum Gasteiger partial charge on any atom is 0.119 e. The standard InChI is InChI=1S/C30H46N2O2/c1-3-5-7-9-11-13-15-25-33-29-21-17-27(18-22-29)31-32-28-19-23-30(24-20-28)34-26-16-14-12-10-8-6-4-2/h17-24H,3-16,25-26H2,1-2H3. The van der Waals surface area contributed by atoms with Gasteiger partial charge in [0, 0.05) is 0 Å². The molecule has 0 aliphatic carbocycles. The molecule has 0 N–H and O–H groups in total. The molecule has 0 radical (unpaired) electrons. The molecule has 188 valence electrons. The van der Waals surface area contributed by atoms with E-state index in [1.807, 2.05) is 48.5 Å². The van der Waals surface area contributed by atoms with Gasteiger partial charge in [-0.15, -0.1) is 0 Å². The molecule has 0 saturated carbocycles. The fraction of sp³-hybridized carbons (Fsp3) is 0.600. The van der Waals surface area contributed by atoms with Crippen LogP contribution in [0.5, 0.6) is 11.5 Å². The SMILES string of the molecule is CCCCCCCCCOc1ccc(N=Nc2ccc(OCCCCCCCCC)cc2)cc1. The first-order chi connectivity index (χ1) is 16.8. The Morgan fingerprint density at radius 2 is 0.765 bits per heavy atom. The van der Waals surface area contributed by atoms with Crippen molar-refractivity contribution in [1.29, 1.82) is 0 Å². The lowest BCUT2D eigenvalue weighted by molar-refractivity contribution is 0.304. The maximum atomic E-state index is 5.85. The van der Waals surface area contributed by atoms with Gasteiger partial charge < -0.3 is 9.47 Å². The van der Waals surface area contributed by atoms with Gasteiger partial charge in [0.25, 0.3) is 0 Å². The quantitative estimate of drug-likeness (QED) is 0.144. The van der Waals surface area contributed by atoms with Crippen LogP contribution in [0.1, 0.15) is 104 Å². The van der Waals surface area contributed by atoms with Gasteiger partial charge in [0.15, 0.2) is 0 Å². The van der Waals surface area contributed by atoms with E-state index in [0.717, 1.165) is 48.9 Å². The van der Waals surface area contributed by atoms with Crippen LogP contribution in [0, 0.1) is 0 Å². The van der Waals surface area contributed by atoms with Crippen molar-refractivity contribution in [3.05, 3.63) is 48.5 Å². The van der Waals surface area contributed by atoms with E-state index in [4.69, 9.17) is 9.47 Å². The van der Waals surface area contributed by atoms with Crippen molar-refractivity contribution in [2.75, 3.05) is 13.2 Å². The van der Waals surface area contributed by atoms with E-state index in [0.29, 0.717) is 0 Å². The lowest BCUT2D eigenvalue weighted by Crippen LogP contribution is -1.97. The highest BCUT2D eigenvalue weighted by atomic mass is 16.5. The van der Waals surface area contributed by atoms with Crippen molar-refractivity contribution in [2.24, 2.45) is 10.2 Å². The average molecular weight is 467 g/mol. The largest absolute Gasteiger partial charge is 0.494 e. The summed E-state index contributed by atoms with van der Waals surface area (Å²) in [7, 11) is 0. The van der Waals surface area contributed by atoms with Crippen molar-refractivity contribution in [2.45, 2.75) is 104 Å². The third kappa shape index (κ3) is 13.4. The Balaban J connectivity index is 1.60. The molecule has 0 fully saturated rings. The van der Waals surface area contributed by atoms with Crippen LogP contribution in [0.15, 0.2) is 58.8 Å². The molecule has 0 bridgehead atoms. The minimum atomic E-state index is 0.780. The Bertz CT molecular complexity index is 691. The van der Waals surface area contributed by atoms with E-state index in [-0.39, 0.29) is 0 Å². The van der Waals surface area contributed by atoms with E-state index >= 15 is 0 Å². The lowest BCUT2D eigenvalue weighted by Gasteiger charge is -2.06. The van der Waals surface area contributed by atoms with Crippen LogP contribution in [0.3, 0.4) is 0 Å². The second-order valence-electron chi connectivity index (χ2n) is 9.13. The van der Waals surface area contributed by atoms with E-state index in [2.05, 4.69) is 24.1 Å². The first kappa shape index (κ1) is 27.9. The minimum Gasteiger partial charge on any atom is -0.494 e. The van der Waals surface area contributed by atoms with Crippen molar-refractivity contribution in [3.63, 3.8) is 0 Å². The molecule has 0 aromatic heterocycles. The molecule has 34 heavy (non-hydrogen) atoms. The van der Waals surface area contributed by atoms with Gasteiger partial charge in [0.05, 0.1) is 24.6 Å². The summed E-state index contributed by atoms with van der Waals surface area (Å²) in [5, 5.41) is 8.68. The van der Waals surface area contributed by atoms with Gasteiger partial charge in [-0.05, 0) is 61.4 Å². The zero-order valence-corrected chi connectivity index (χ0v) is 21.6. The molecular formula is C30H46N2O2. The van der Waals surface area contributed by atoms with E-state index in [1.54, 1.807) is 0 Å². The molecule has 0 saturated heterocycles. The van der Waals surface area contributed by atoms with Crippen LogP contribution in [0.25, 0.3) is 0 Å². The predicted molar refractivity (Wildman–Crippen MR) is 144 cm³/mol. The molecule has 0 aliphatic heterocycles. The highest BCUT2D eigenvalue weighted by Gasteiger charge is 1.98. The Morgan fingerprint density at radius 3 is 1.12 bits per heavy atom. The van der Waals surface area contributed by atoms with Gasteiger partial charge in [-0.2, -0.15) is 10.2 Å². The average Bonchev–Trinajstić information content (AvgIpc) is 2.87. The van der Waals surface area contributed by atoms with Crippen LogP contribution >= 0.6 is 0 Å². The first-order valence-corrected chi connectivity index (χ1v) is 13.7. The van der Waals surface area contributed by atoms with Crippen LogP contribution in [-0.4, -0.2) is 13.2 Å². The molecule has 4 heteroatoms. The molecule has 0 aliphatic rings. The van der Waals surface area contributed by atoms with E-state index in [9.17, 15) is 0 Å². The van der Waals surface area contributed by atoms with Gasteiger partial charge in [0.2, 0.25) is 0 Å². The predicted octanol–water partition coefficient (Wildman–Crippen LogP) is 10.4. The summed E-state index contributed by atoms with van der Waals surface area (Å²) in [6, 6.07) is 15.7. The van der Waals surface area contributed by atoms with Crippen LogP contribution in [-0.2, 0) is 0 Å². The summed E-state index contributed by atoms with van der Waals surface area (Å²) in [6.45, 7) is 6.07. The van der Waals surface area contributed by atoms with Crippen LogP contribution in [0.2, 0.25) is 0 Å². The highest BCUT2D eigenvalue weighted by Crippen LogP contribution is 2.23. The van der Waals surface area contributed by atoms with Gasteiger partial charge in [-0.1, -0.05) is 90.9 Å². The number of hydrogen-bond acceptors (Lipinski definition) is 4. The normalized spacial score (nSPS) is 11.2. The Morgan fingerprint density at radius 1 is 0.441 bits per heavy atom. The van der Waals surface area contributed by atoms with Gasteiger partial charge in [-0.3, -0.25) is 0 Å². The minimum absolute atomic E-state index is 0.780. The number of rotatable bonds is 20. The fourth-order valence-corrected chi connectivity index (χ4v) is 3.83. The third-order valence-corrected chi connectivity index (χ3v) is 5.99. The smallest absolute Gasteiger partial charge is 0.119 e. The fourth-order valence-electron chi connectivity index (χ4n) is 3.83. The number of nitrogens with zero attached hydrogens (tertiary/aromatic N) is 2. The molecule has 0 heterocycles. The Hall–Kier alpha value is -2.36. The molecule has 0 atom stereocenters. The summed E-state index contributed by atoms with van der Waals surface area (Å²) in [4.78, 5) is 0. The number of hydrogen-bond donors (Lipinski definition) is 0. The van der Waals surface area contributed by atoms with E-state index in [1.165, 1.54) is 77.0 Å². The zero-order chi connectivity index (χ0) is 24.1. The summed E-state index contributed by atoms with van der Waals surface area (Å²) in [6.07, 6.45) is 18.1. The number of azo groups is 1. The topological polar surface area (TPSA) is 43.2 Å². The Labute approximate surface area is 208 Å². The Kier molecular flexibility index (Phi) is 15.6. The van der Waals surface area contributed by atoms with Gasteiger partial charge in [-0.25, -0.2) is 0 Å². The molecule has 2 rings (SSSR count). The summed E-state index contributed by atoms with van der Waals surface area (Å²) >= 11 is 0. The van der Waals surface area contributed by atoms with Crippen LogP contribution < -0.4 is 9.47 Å². The van der Waals surface area contributed by atoms with Crippen molar-refractivity contribution in [3.8, 4) is 11.5 Å². The molecule has 0 unspecified atom stereocenters. The highest BCUT2D eigenvalue weighted by molar-refractivity contribution is 5.44. The summed E-state index contributed by atoms with van der Waals surface area (Å²) < 4.78 is 11.7. The number of ether oxygens (including phenoxy) is 2. The molecule has 0 spiro atoms. The summed E-state index contributed by atoms with van der Waals surface area (Å²) in [5.74, 6) is 1.79. The third-order valence-electron chi connectivity index (χ3n) is 5.99. The summed E-state index contributed by atoms with van der Waals surface area (Å²) in [5.41, 5.74) is 1.64. The zero-order valence-electron chi connectivity index (χ0n) is 21.6. The van der Waals surface area contributed by atoms with Crippen molar-refractivity contribution in [1.82, 2.24) is 0 Å².